The molecule has 3 rings (SSSR count). The molecule has 0 amide bonds. The molecule has 0 unspecified atom stereocenters. The van der Waals surface area contributed by atoms with Crippen molar-refractivity contribution in [3.63, 3.8) is 0 Å². The molecule has 0 aliphatic carbocycles. The Bertz CT molecular complexity index is 981. The van der Waals surface area contributed by atoms with Gasteiger partial charge in [0.15, 0.2) is 0 Å². The molecule has 0 spiro atoms. The number of rotatable bonds is 3. The summed E-state index contributed by atoms with van der Waals surface area (Å²) in [7, 11) is -3.92. The standard InChI is InChI=1S/C15H9BrClNO3S/c16-12-7-4-8-13-11(12)9-14(15(17)19)18(13)22(20,21)10-5-2-1-3-6-10/h1-9H. The van der Waals surface area contributed by atoms with Crippen molar-refractivity contribution in [1.29, 1.82) is 0 Å². The summed E-state index contributed by atoms with van der Waals surface area (Å²) in [6, 6.07) is 14.5. The first-order valence-electron chi connectivity index (χ1n) is 6.23. The van der Waals surface area contributed by atoms with Crippen molar-refractivity contribution in [3.05, 3.63) is 64.8 Å². The van der Waals surface area contributed by atoms with Crippen LogP contribution in [0.3, 0.4) is 0 Å². The number of fused-ring (bicyclic) bond motifs is 1. The van der Waals surface area contributed by atoms with Gasteiger partial charge in [-0.1, -0.05) is 40.2 Å². The Hall–Kier alpha value is -1.63. The predicted molar refractivity (Wildman–Crippen MR) is 88.8 cm³/mol. The zero-order valence-corrected chi connectivity index (χ0v) is 14.2. The fourth-order valence-corrected chi connectivity index (χ4v) is 4.45. The van der Waals surface area contributed by atoms with E-state index in [1.165, 1.54) is 18.2 Å². The van der Waals surface area contributed by atoms with Crippen molar-refractivity contribution in [2.45, 2.75) is 4.90 Å². The molecule has 0 radical (unpaired) electrons. The van der Waals surface area contributed by atoms with Gasteiger partial charge in [-0.3, -0.25) is 4.79 Å². The first-order chi connectivity index (χ1) is 10.4. The minimum atomic E-state index is -3.92. The number of halogens is 2. The highest BCUT2D eigenvalue weighted by Gasteiger charge is 2.26. The van der Waals surface area contributed by atoms with Crippen LogP contribution in [0.1, 0.15) is 10.5 Å². The van der Waals surface area contributed by atoms with Gasteiger partial charge >= 0.3 is 0 Å². The zero-order chi connectivity index (χ0) is 15.9. The zero-order valence-electron chi connectivity index (χ0n) is 11.0. The molecule has 112 valence electrons. The SMILES string of the molecule is O=C(Cl)c1cc2c(Br)cccc2n1S(=O)(=O)c1ccccc1. The van der Waals surface area contributed by atoms with Gasteiger partial charge in [0.05, 0.1) is 10.4 Å². The summed E-state index contributed by atoms with van der Waals surface area (Å²) in [5, 5.41) is -0.228. The van der Waals surface area contributed by atoms with Gasteiger partial charge < -0.3 is 0 Å². The number of benzene rings is 2. The average Bonchev–Trinajstić information content (AvgIpc) is 2.90. The normalized spacial score (nSPS) is 11.7. The topological polar surface area (TPSA) is 56.1 Å². The molecule has 1 aromatic heterocycles. The molecule has 0 bridgehead atoms. The van der Waals surface area contributed by atoms with E-state index in [2.05, 4.69) is 15.9 Å². The smallest absolute Gasteiger partial charge is 0.269 e. The van der Waals surface area contributed by atoms with Crippen LogP contribution in [-0.2, 0) is 10.0 Å². The molecule has 0 N–H and O–H groups in total. The summed E-state index contributed by atoms with van der Waals surface area (Å²) in [5.41, 5.74) is 0.301. The van der Waals surface area contributed by atoms with Crippen LogP contribution in [0.4, 0.5) is 0 Å². The van der Waals surface area contributed by atoms with Crippen molar-refractivity contribution in [2.75, 3.05) is 0 Å². The Morgan fingerprint density at radius 1 is 1.05 bits per heavy atom. The van der Waals surface area contributed by atoms with E-state index in [1.54, 1.807) is 36.4 Å². The lowest BCUT2D eigenvalue weighted by atomic mass is 10.2. The number of carbonyl (C=O) groups excluding carboxylic acids is 1. The van der Waals surface area contributed by atoms with E-state index in [0.717, 1.165) is 3.97 Å². The maximum atomic E-state index is 12.9. The van der Waals surface area contributed by atoms with E-state index >= 15 is 0 Å². The summed E-state index contributed by atoms with van der Waals surface area (Å²) >= 11 is 8.94. The molecule has 0 saturated heterocycles. The molecule has 7 heteroatoms. The lowest BCUT2D eigenvalue weighted by Gasteiger charge is -2.10. The largest absolute Gasteiger partial charge is 0.274 e. The van der Waals surface area contributed by atoms with E-state index in [-0.39, 0.29) is 10.6 Å². The van der Waals surface area contributed by atoms with Crippen molar-refractivity contribution in [2.24, 2.45) is 0 Å². The monoisotopic (exact) mass is 397 g/mol. The van der Waals surface area contributed by atoms with Gasteiger partial charge in [0.2, 0.25) is 0 Å². The minimum Gasteiger partial charge on any atom is -0.274 e. The van der Waals surface area contributed by atoms with Crippen molar-refractivity contribution < 1.29 is 13.2 Å². The summed E-state index contributed by atoms with van der Waals surface area (Å²) in [6.07, 6.45) is 0. The number of hydrogen-bond acceptors (Lipinski definition) is 3. The van der Waals surface area contributed by atoms with E-state index in [9.17, 15) is 13.2 Å². The van der Waals surface area contributed by atoms with E-state index < -0.39 is 15.3 Å². The van der Waals surface area contributed by atoms with Crippen LogP contribution in [0, 0.1) is 0 Å². The summed E-state index contributed by atoms with van der Waals surface area (Å²) in [5.74, 6) is 0. The average molecular weight is 399 g/mol. The third-order valence-electron chi connectivity index (χ3n) is 3.23. The Morgan fingerprint density at radius 3 is 2.36 bits per heavy atom. The van der Waals surface area contributed by atoms with Crippen molar-refractivity contribution >= 4 is 53.7 Å². The molecule has 0 aliphatic rings. The highest BCUT2D eigenvalue weighted by Crippen LogP contribution is 2.31. The van der Waals surface area contributed by atoms with E-state index in [4.69, 9.17) is 11.6 Å². The molecule has 0 atom stereocenters. The molecule has 1 heterocycles. The van der Waals surface area contributed by atoms with Crippen LogP contribution >= 0.6 is 27.5 Å². The molecular weight excluding hydrogens is 390 g/mol. The quantitative estimate of drug-likeness (QED) is 0.626. The fraction of sp³-hybridized carbons (Fsp3) is 0. The molecule has 4 nitrogen and oxygen atoms in total. The second kappa shape index (κ2) is 5.53. The van der Waals surface area contributed by atoms with Crippen LogP contribution in [0.2, 0.25) is 0 Å². The minimum absolute atomic E-state index is 0.0895. The molecule has 2 aromatic carbocycles. The molecular formula is C15H9BrClNO3S. The van der Waals surface area contributed by atoms with Crippen LogP contribution in [-0.4, -0.2) is 17.6 Å². The number of hydrogen-bond donors (Lipinski definition) is 0. The maximum Gasteiger partial charge on any atom is 0.269 e. The Balaban J connectivity index is 2.42. The Kier molecular flexibility index (Phi) is 3.84. The molecule has 0 saturated carbocycles. The number of carbonyl (C=O) groups is 1. The van der Waals surface area contributed by atoms with Crippen LogP contribution in [0.15, 0.2) is 64.0 Å². The second-order valence-electron chi connectivity index (χ2n) is 4.56. The number of nitrogens with zero attached hydrogens (tertiary/aromatic N) is 1. The van der Waals surface area contributed by atoms with Gasteiger partial charge in [-0.05, 0) is 41.9 Å². The fourth-order valence-electron chi connectivity index (χ4n) is 2.26. The second-order valence-corrected chi connectivity index (χ2v) is 7.54. The summed E-state index contributed by atoms with van der Waals surface area (Å²) in [4.78, 5) is 11.8. The van der Waals surface area contributed by atoms with Gasteiger partial charge in [-0.15, -0.1) is 0 Å². The summed E-state index contributed by atoms with van der Waals surface area (Å²) in [6.45, 7) is 0. The van der Waals surface area contributed by atoms with Gasteiger partial charge in [0, 0.05) is 9.86 Å². The Labute approximate surface area is 140 Å². The molecule has 22 heavy (non-hydrogen) atoms. The van der Waals surface area contributed by atoms with Crippen molar-refractivity contribution in [3.8, 4) is 0 Å². The van der Waals surface area contributed by atoms with Gasteiger partial charge in [-0.25, -0.2) is 12.4 Å². The van der Waals surface area contributed by atoms with Crippen LogP contribution < -0.4 is 0 Å². The lowest BCUT2D eigenvalue weighted by Crippen LogP contribution is -2.16. The lowest BCUT2D eigenvalue weighted by molar-refractivity contribution is 0.107. The molecule has 0 fully saturated rings. The van der Waals surface area contributed by atoms with Crippen molar-refractivity contribution in [1.82, 2.24) is 3.97 Å². The first kappa shape index (κ1) is 15.3. The van der Waals surface area contributed by atoms with Gasteiger partial charge in [-0.2, -0.15) is 0 Å². The third-order valence-corrected chi connectivity index (χ3v) is 5.86. The maximum absolute atomic E-state index is 12.9. The highest BCUT2D eigenvalue weighted by molar-refractivity contribution is 9.10. The van der Waals surface area contributed by atoms with Gasteiger partial charge in [0.1, 0.15) is 5.69 Å². The highest BCUT2D eigenvalue weighted by atomic mass is 79.9. The first-order valence-corrected chi connectivity index (χ1v) is 8.84. The number of aromatic nitrogens is 1. The van der Waals surface area contributed by atoms with E-state index in [0.29, 0.717) is 15.4 Å². The summed E-state index contributed by atoms with van der Waals surface area (Å²) < 4.78 is 27.4. The molecule has 0 aliphatic heterocycles. The third kappa shape index (κ3) is 2.37. The van der Waals surface area contributed by atoms with Crippen LogP contribution in [0.5, 0.6) is 0 Å². The van der Waals surface area contributed by atoms with Crippen LogP contribution in [0.25, 0.3) is 10.9 Å². The predicted octanol–water partition coefficient (Wildman–Crippen LogP) is 4.02. The molecule has 3 aromatic rings. The van der Waals surface area contributed by atoms with Gasteiger partial charge in [0.25, 0.3) is 15.3 Å². The van der Waals surface area contributed by atoms with E-state index in [1.807, 2.05) is 0 Å². The Morgan fingerprint density at radius 2 is 1.73 bits per heavy atom.